The largest absolute Gasteiger partial charge is 0.394 e. The molecule has 94 valence electrons. The number of hydrogen-bond acceptors (Lipinski definition) is 2. The highest BCUT2D eigenvalue weighted by molar-refractivity contribution is 5.79. The Kier molecular flexibility index (Phi) is 4.29. The highest BCUT2D eigenvalue weighted by Gasteiger charge is 2.26. The van der Waals surface area contributed by atoms with Crippen molar-refractivity contribution in [1.82, 2.24) is 4.90 Å². The molecule has 0 saturated carbocycles. The standard InChI is InChI=1S/C14H21NO2/c1-11-7-5-6-8-12(11)9-13(17)15(4)14(2,3)10-16/h5-8,16H,9-10H2,1-4H3. The Morgan fingerprint density at radius 2 is 1.94 bits per heavy atom. The Morgan fingerprint density at radius 3 is 2.47 bits per heavy atom. The van der Waals surface area contributed by atoms with Crippen molar-refractivity contribution in [3.05, 3.63) is 35.4 Å². The second-order valence-electron chi connectivity index (χ2n) is 5.03. The molecule has 1 amide bonds. The van der Waals surface area contributed by atoms with E-state index in [9.17, 15) is 9.90 Å². The van der Waals surface area contributed by atoms with E-state index in [0.717, 1.165) is 11.1 Å². The lowest BCUT2D eigenvalue weighted by atomic mass is 10.0. The van der Waals surface area contributed by atoms with Crippen molar-refractivity contribution in [2.75, 3.05) is 13.7 Å². The van der Waals surface area contributed by atoms with Gasteiger partial charge in [-0.25, -0.2) is 0 Å². The molecule has 1 aromatic rings. The molecular formula is C14H21NO2. The molecule has 0 fully saturated rings. The molecule has 0 aliphatic rings. The molecular weight excluding hydrogens is 214 g/mol. The molecule has 1 aromatic carbocycles. The zero-order chi connectivity index (χ0) is 13.1. The average molecular weight is 235 g/mol. The SMILES string of the molecule is Cc1ccccc1CC(=O)N(C)C(C)(C)CO. The van der Waals surface area contributed by atoms with Gasteiger partial charge >= 0.3 is 0 Å². The Hall–Kier alpha value is -1.35. The van der Waals surface area contributed by atoms with Crippen LogP contribution in [0.4, 0.5) is 0 Å². The molecule has 0 unspecified atom stereocenters. The molecule has 0 aromatic heterocycles. The van der Waals surface area contributed by atoms with E-state index >= 15 is 0 Å². The topological polar surface area (TPSA) is 40.5 Å². The van der Waals surface area contributed by atoms with Gasteiger partial charge in [-0.1, -0.05) is 24.3 Å². The van der Waals surface area contributed by atoms with Crippen molar-refractivity contribution in [3.63, 3.8) is 0 Å². The van der Waals surface area contributed by atoms with E-state index in [-0.39, 0.29) is 12.5 Å². The maximum Gasteiger partial charge on any atom is 0.227 e. The van der Waals surface area contributed by atoms with Crippen LogP contribution in [0.2, 0.25) is 0 Å². The number of amides is 1. The van der Waals surface area contributed by atoms with Gasteiger partial charge in [-0.05, 0) is 31.9 Å². The Labute approximate surface area is 103 Å². The van der Waals surface area contributed by atoms with Gasteiger partial charge in [0.25, 0.3) is 0 Å². The molecule has 0 saturated heterocycles. The molecule has 0 aliphatic heterocycles. The highest BCUT2D eigenvalue weighted by Crippen LogP contribution is 2.15. The number of nitrogens with zero attached hydrogens (tertiary/aromatic N) is 1. The van der Waals surface area contributed by atoms with Crippen LogP contribution in [-0.2, 0) is 11.2 Å². The van der Waals surface area contributed by atoms with Crippen LogP contribution in [0.3, 0.4) is 0 Å². The molecule has 1 rings (SSSR count). The minimum atomic E-state index is -0.514. The van der Waals surface area contributed by atoms with Crippen LogP contribution in [0, 0.1) is 6.92 Å². The smallest absolute Gasteiger partial charge is 0.227 e. The van der Waals surface area contributed by atoms with Crippen molar-refractivity contribution in [2.24, 2.45) is 0 Å². The molecule has 0 atom stereocenters. The van der Waals surface area contributed by atoms with Gasteiger partial charge < -0.3 is 10.0 Å². The van der Waals surface area contributed by atoms with Crippen LogP contribution in [0.1, 0.15) is 25.0 Å². The summed E-state index contributed by atoms with van der Waals surface area (Å²) in [7, 11) is 1.73. The lowest BCUT2D eigenvalue weighted by Crippen LogP contribution is -2.48. The average Bonchev–Trinajstić information content (AvgIpc) is 2.31. The lowest BCUT2D eigenvalue weighted by Gasteiger charge is -2.34. The number of aryl methyl sites for hydroxylation is 1. The van der Waals surface area contributed by atoms with E-state index in [1.165, 1.54) is 0 Å². The Morgan fingerprint density at radius 1 is 1.35 bits per heavy atom. The first-order valence-electron chi connectivity index (χ1n) is 5.80. The predicted molar refractivity (Wildman–Crippen MR) is 68.8 cm³/mol. The highest BCUT2D eigenvalue weighted by atomic mass is 16.3. The van der Waals surface area contributed by atoms with Crippen LogP contribution < -0.4 is 0 Å². The van der Waals surface area contributed by atoms with Crippen molar-refractivity contribution in [3.8, 4) is 0 Å². The summed E-state index contributed by atoms with van der Waals surface area (Å²) in [5.74, 6) is 0.0263. The van der Waals surface area contributed by atoms with Crippen LogP contribution in [-0.4, -0.2) is 35.1 Å². The van der Waals surface area contributed by atoms with E-state index in [0.29, 0.717) is 6.42 Å². The second-order valence-corrected chi connectivity index (χ2v) is 5.03. The van der Waals surface area contributed by atoms with Gasteiger partial charge in [0, 0.05) is 7.05 Å². The van der Waals surface area contributed by atoms with Gasteiger partial charge in [-0.3, -0.25) is 4.79 Å². The summed E-state index contributed by atoms with van der Waals surface area (Å²) in [6.45, 7) is 5.66. The molecule has 3 heteroatoms. The van der Waals surface area contributed by atoms with Gasteiger partial charge in [-0.15, -0.1) is 0 Å². The van der Waals surface area contributed by atoms with E-state index in [1.54, 1.807) is 11.9 Å². The first-order chi connectivity index (χ1) is 7.88. The lowest BCUT2D eigenvalue weighted by molar-refractivity contribution is -0.135. The summed E-state index contributed by atoms with van der Waals surface area (Å²) in [5, 5.41) is 9.24. The molecule has 0 bridgehead atoms. The van der Waals surface area contributed by atoms with Crippen LogP contribution >= 0.6 is 0 Å². The molecule has 3 nitrogen and oxygen atoms in total. The Balaban J connectivity index is 2.77. The first kappa shape index (κ1) is 13.7. The quantitative estimate of drug-likeness (QED) is 0.864. The minimum absolute atomic E-state index is 0.0263. The van der Waals surface area contributed by atoms with E-state index in [2.05, 4.69) is 0 Å². The molecule has 17 heavy (non-hydrogen) atoms. The normalized spacial score (nSPS) is 11.4. The van der Waals surface area contributed by atoms with Crippen molar-refractivity contribution in [1.29, 1.82) is 0 Å². The summed E-state index contributed by atoms with van der Waals surface area (Å²) in [4.78, 5) is 13.7. The van der Waals surface area contributed by atoms with Gasteiger partial charge in [0.2, 0.25) is 5.91 Å². The van der Waals surface area contributed by atoms with Crippen molar-refractivity contribution in [2.45, 2.75) is 32.7 Å². The number of carbonyl (C=O) groups excluding carboxylic acids is 1. The van der Waals surface area contributed by atoms with Crippen LogP contribution in [0.25, 0.3) is 0 Å². The molecule has 0 radical (unpaired) electrons. The number of carbonyl (C=O) groups is 1. The number of benzene rings is 1. The summed E-state index contributed by atoms with van der Waals surface area (Å²) < 4.78 is 0. The number of rotatable bonds is 4. The first-order valence-corrected chi connectivity index (χ1v) is 5.80. The zero-order valence-electron chi connectivity index (χ0n) is 11.0. The summed E-state index contributed by atoms with van der Waals surface area (Å²) in [5.41, 5.74) is 1.65. The van der Waals surface area contributed by atoms with Gasteiger partial charge in [-0.2, -0.15) is 0 Å². The van der Waals surface area contributed by atoms with Crippen molar-refractivity contribution >= 4 is 5.91 Å². The fraction of sp³-hybridized carbons (Fsp3) is 0.500. The third kappa shape index (κ3) is 3.30. The molecule has 0 aliphatic carbocycles. The third-order valence-corrected chi connectivity index (χ3v) is 3.27. The monoisotopic (exact) mass is 235 g/mol. The maximum absolute atomic E-state index is 12.1. The predicted octanol–water partition coefficient (Wildman–Crippen LogP) is 1.77. The van der Waals surface area contributed by atoms with Crippen LogP contribution in [0.5, 0.6) is 0 Å². The second kappa shape index (κ2) is 5.32. The zero-order valence-corrected chi connectivity index (χ0v) is 11.0. The number of likely N-dealkylation sites (N-methyl/N-ethyl adjacent to an activating group) is 1. The summed E-state index contributed by atoms with van der Waals surface area (Å²) in [6, 6.07) is 7.87. The Bertz CT molecular complexity index is 399. The van der Waals surface area contributed by atoms with Crippen LogP contribution in [0.15, 0.2) is 24.3 Å². The molecule has 0 spiro atoms. The summed E-state index contributed by atoms with van der Waals surface area (Å²) >= 11 is 0. The number of hydrogen-bond donors (Lipinski definition) is 1. The van der Waals surface area contributed by atoms with E-state index in [1.807, 2.05) is 45.0 Å². The molecule has 1 N–H and O–H groups in total. The van der Waals surface area contributed by atoms with E-state index in [4.69, 9.17) is 0 Å². The van der Waals surface area contributed by atoms with Gasteiger partial charge in [0.1, 0.15) is 0 Å². The van der Waals surface area contributed by atoms with Gasteiger partial charge in [0.15, 0.2) is 0 Å². The number of aliphatic hydroxyl groups excluding tert-OH is 1. The minimum Gasteiger partial charge on any atom is -0.394 e. The van der Waals surface area contributed by atoms with Crippen molar-refractivity contribution < 1.29 is 9.90 Å². The maximum atomic E-state index is 12.1. The third-order valence-electron chi connectivity index (χ3n) is 3.27. The fourth-order valence-corrected chi connectivity index (χ4v) is 1.53. The summed E-state index contributed by atoms with van der Waals surface area (Å²) in [6.07, 6.45) is 0.382. The van der Waals surface area contributed by atoms with Gasteiger partial charge in [0.05, 0.1) is 18.6 Å². The van der Waals surface area contributed by atoms with E-state index < -0.39 is 5.54 Å². The fourth-order valence-electron chi connectivity index (χ4n) is 1.53. The molecule has 0 heterocycles. The number of aliphatic hydroxyl groups is 1.